The van der Waals surface area contributed by atoms with Gasteiger partial charge >= 0.3 is 0 Å². The molecule has 0 aromatic carbocycles. The van der Waals surface area contributed by atoms with Crippen LogP contribution in [0.2, 0.25) is 0 Å². The van der Waals surface area contributed by atoms with Crippen LogP contribution in [0.1, 0.15) is 20.8 Å². The van der Waals surface area contributed by atoms with Crippen molar-refractivity contribution in [2.75, 3.05) is 0 Å². The first kappa shape index (κ1) is 8.99. The number of aromatic amines is 1. The molecule has 2 rings (SSSR count). The highest BCUT2D eigenvalue weighted by atomic mass is 16.1. The van der Waals surface area contributed by atoms with E-state index in [1.807, 2.05) is 20.8 Å². The Morgan fingerprint density at radius 3 is 2.71 bits per heavy atom. The number of H-pyrrole nitrogens is 1. The Labute approximate surface area is 81.6 Å². The van der Waals surface area contributed by atoms with Gasteiger partial charge in [0.15, 0.2) is 5.65 Å². The van der Waals surface area contributed by atoms with Gasteiger partial charge in [-0.25, -0.2) is 9.67 Å². The van der Waals surface area contributed by atoms with E-state index in [4.69, 9.17) is 0 Å². The predicted octanol–water partition coefficient (Wildman–Crippen LogP) is 1.48. The van der Waals surface area contributed by atoms with Crippen molar-refractivity contribution in [2.45, 2.75) is 26.3 Å². The quantitative estimate of drug-likeness (QED) is 0.685. The fraction of sp³-hybridized carbons (Fsp3) is 0.400. The van der Waals surface area contributed by atoms with Crippen LogP contribution in [-0.4, -0.2) is 14.8 Å². The maximum absolute atomic E-state index is 11.9. The molecule has 0 saturated carbocycles. The molecule has 2 heterocycles. The van der Waals surface area contributed by atoms with Crippen LogP contribution in [0.25, 0.3) is 11.0 Å². The van der Waals surface area contributed by atoms with E-state index in [1.54, 1.807) is 23.0 Å². The van der Waals surface area contributed by atoms with Gasteiger partial charge in [-0.15, -0.1) is 0 Å². The van der Waals surface area contributed by atoms with Crippen LogP contribution in [0.15, 0.2) is 23.1 Å². The van der Waals surface area contributed by atoms with Gasteiger partial charge in [-0.05, 0) is 32.9 Å². The van der Waals surface area contributed by atoms with Crippen LogP contribution < -0.4 is 5.56 Å². The first-order valence-electron chi connectivity index (χ1n) is 4.56. The van der Waals surface area contributed by atoms with E-state index in [0.29, 0.717) is 11.0 Å². The average molecular weight is 191 g/mol. The van der Waals surface area contributed by atoms with Gasteiger partial charge in [-0.2, -0.15) is 0 Å². The molecule has 4 nitrogen and oxygen atoms in total. The first-order valence-corrected chi connectivity index (χ1v) is 4.56. The predicted molar refractivity (Wildman–Crippen MR) is 55.3 cm³/mol. The van der Waals surface area contributed by atoms with Crippen LogP contribution in [0, 0.1) is 0 Å². The molecule has 0 bridgehead atoms. The molecule has 0 fully saturated rings. The van der Waals surface area contributed by atoms with Crippen molar-refractivity contribution in [1.29, 1.82) is 0 Å². The molecule has 0 spiro atoms. The normalized spacial score (nSPS) is 12.2. The summed E-state index contributed by atoms with van der Waals surface area (Å²) in [6, 6.07) is 3.55. The molecule has 4 heteroatoms. The van der Waals surface area contributed by atoms with Crippen molar-refractivity contribution < 1.29 is 0 Å². The van der Waals surface area contributed by atoms with Crippen molar-refractivity contribution in [3.8, 4) is 0 Å². The zero-order valence-electron chi connectivity index (χ0n) is 8.53. The van der Waals surface area contributed by atoms with Gasteiger partial charge in [-0.3, -0.25) is 9.89 Å². The Kier molecular flexibility index (Phi) is 1.74. The number of aromatic nitrogens is 3. The molecule has 0 aliphatic heterocycles. The zero-order chi connectivity index (χ0) is 10.3. The summed E-state index contributed by atoms with van der Waals surface area (Å²) >= 11 is 0. The molecular formula is C10H13N3O. The summed E-state index contributed by atoms with van der Waals surface area (Å²) < 4.78 is 1.60. The van der Waals surface area contributed by atoms with E-state index < -0.39 is 0 Å². The summed E-state index contributed by atoms with van der Waals surface area (Å²) in [7, 11) is 0. The number of pyridine rings is 1. The molecule has 2 aromatic rings. The maximum Gasteiger partial charge on any atom is 0.276 e. The molecule has 0 unspecified atom stereocenters. The third-order valence-electron chi connectivity index (χ3n) is 2.13. The molecule has 0 aliphatic carbocycles. The lowest BCUT2D eigenvalue weighted by molar-refractivity contribution is 0.348. The second-order valence-electron chi connectivity index (χ2n) is 4.32. The number of hydrogen-bond donors (Lipinski definition) is 1. The SMILES string of the molecule is CC(C)(C)n1[nH]c2ncccc2c1=O. The van der Waals surface area contributed by atoms with Gasteiger partial charge in [0.1, 0.15) is 0 Å². The second-order valence-corrected chi connectivity index (χ2v) is 4.32. The number of fused-ring (bicyclic) bond motifs is 1. The minimum Gasteiger partial charge on any atom is -0.278 e. The third kappa shape index (κ3) is 1.23. The standard InChI is InChI=1S/C10H13N3O/c1-10(2,3)13-9(14)7-5-4-6-11-8(7)12-13/h4-6H,1-3H3,(H,11,12). The van der Waals surface area contributed by atoms with E-state index in [9.17, 15) is 4.79 Å². The highest BCUT2D eigenvalue weighted by Gasteiger charge is 2.18. The Morgan fingerprint density at radius 2 is 2.14 bits per heavy atom. The highest BCUT2D eigenvalue weighted by molar-refractivity contribution is 5.73. The Balaban J connectivity index is 2.82. The summed E-state index contributed by atoms with van der Waals surface area (Å²) in [5, 5.41) is 3.64. The van der Waals surface area contributed by atoms with Crippen LogP contribution in [-0.2, 0) is 5.54 Å². The number of nitrogens with zero attached hydrogens (tertiary/aromatic N) is 2. The summed E-state index contributed by atoms with van der Waals surface area (Å²) in [6.07, 6.45) is 1.67. The van der Waals surface area contributed by atoms with Crippen molar-refractivity contribution >= 4 is 11.0 Å². The average Bonchev–Trinajstić information content (AvgIpc) is 2.44. The lowest BCUT2D eigenvalue weighted by atomic mass is 10.1. The van der Waals surface area contributed by atoms with Crippen LogP contribution >= 0.6 is 0 Å². The first-order chi connectivity index (χ1) is 6.50. The van der Waals surface area contributed by atoms with Gasteiger partial charge < -0.3 is 0 Å². The van der Waals surface area contributed by atoms with Crippen LogP contribution in [0.3, 0.4) is 0 Å². The van der Waals surface area contributed by atoms with Gasteiger partial charge in [0, 0.05) is 6.20 Å². The Morgan fingerprint density at radius 1 is 1.43 bits per heavy atom. The fourth-order valence-electron chi connectivity index (χ4n) is 1.42. The summed E-state index contributed by atoms with van der Waals surface area (Å²) in [5.41, 5.74) is 0.394. The molecule has 0 radical (unpaired) electrons. The zero-order valence-corrected chi connectivity index (χ0v) is 8.53. The molecule has 0 aliphatic rings. The van der Waals surface area contributed by atoms with Crippen molar-refractivity contribution in [3.63, 3.8) is 0 Å². The van der Waals surface area contributed by atoms with Crippen molar-refractivity contribution in [3.05, 3.63) is 28.7 Å². The summed E-state index contributed by atoms with van der Waals surface area (Å²) in [6.45, 7) is 5.93. The number of rotatable bonds is 0. The van der Waals surface area contributed by atoms with Gasteiger partial charge in [-0.1, -0.05) is 0 Å². The van der Waals surface area contributed by atoms with Crippen LogP contribution in [0.4, 0.5) is 0 Å². The molecular weight excluding hydrogens is 178 g/mol. The molecule has 2 aromatic heterocycles. The smallest absolute Gasteiger partial charge is 0.276 e. The lowest BCUT2D eigenvalue weighted by Crippen LogP contribution is -2.32. The topological polar surface area (TPSA) is 50.7 Å². The molecule has 14 heavy (non-hydrogen) atoms. The molecule has 0 atom stereocenters. The highest BCUT2D eigenvalue weighted by Crippen LogP contribution is 2.12. The van der Waals surface area contributed by atoms with E-state index >= 15 is 0 Å². The van der Waals surface area contributed by atoms with E-state index in [1.165, 1.54) is 0 Å². The van der Waals surface area contributed by atoms with Gasteiger partial charge in [0.05, 0.1) is 10.9 Å². The monoisotopic (exact) mass is 191 g/mol. The number of nitrogens with one attached hydrogen (secondary N) is 1. The minimum atomic E-state index is -0.238. The van der Waals surface area contributed by atoms with Crippen LogP contribution in [0.5, 0.6) is 0 Å². The Hall–Kier alpha value is -1.58. The van der Waals surface area contributed by atoms with E-state index in [2.05, 4.69) is 10.1 Å². The third-order valence-corrected chi connectivity index (χ3v) is 2.13. The van der Waals surface area contributed by atoms with E-state index in [-0.39, 0.29) is 11.1 Å². The van der Waals surface area contributed by atoms with Gasteiger partial charge in [0.25, 0.3) is 5.56 Å². The molecule has 0 amide bonds. The van der Waals surface area contributed by atoms with Crippen molar-refractivity contribution in [2.24, 2.45) is 0 Å². The summed E-state index contributed by atoms with van der Waals surface area (Å²) in [4.78, 5) is 16.0. The van der Waals surface area contributed by atoms with E-state index in [0.717, 1.165) is 0 Å². The second kappa shape index (κ2) is 2.70. The molecule has 1 N–H and O–H groups in total. The lowest BCUT2D eigenvalue weighted by Gasteiger charge is -2.18. The minimum absolute atomic E-state index is 0.0133. The fourth-order valence-corrected chi connectivity index (χ4v) is 1.42. The number of hydrogen-bond acceptors (Lipinski definition) is 2. The Bertz CT molecular complexity index is 516. The largest absolute Gasteiger partial charge is 0.278 e. The van der Waals surface area contributed by atoms with Gasteiger partial charge in [0.2, 0.25) is 0 Å². The molecule has 0 saturated heterocycles. The summed E-state index contributed by atoms with van der Waals surface area (Å²) in [5.74, 6) is 0. The van der Waals surface area contributed by atoms with Crippen molar-refractivity contribution in [1.82, 2.24) is 14.8 Å². The maximum atomic E-state index is 11.9. The molecule has 74 valence electrons.